The first-order valence-corrected chi connectivity index (χ1v) is 10.7. The van der Waals surface area contributed by atoms with E-state index < -0.39 is 17.7 Å². The summed E-state index contributed by atoms with van der Waals surface area (Å²) in [7, 11) is 1.52. The molecule has 0 radical (unpaired) electrons. The standard InChI is InChI=1S/C21H16INO5S/c1-27-13-5-2-4-12(10-13)19(24)17-18(15-7-8-16(22)28-15)23(21(26)20(17)25)11-14-6-3-9-29-14/h2-10,18,24H,11H2,1H3/b19-17+. The van der Waals surface area contributed by atoms with E-state index in [1.165, 1.54) is 23.3 Å². The number of hydrogen-bond acceptors (Lipinski definition) is 6. The van der Waals surface area contributed by atoms with E-state index in [1.807, 2.05) is 40.1 Å². The normalized spacial score (nSPS) is 18.4. The van der Waals surface area contributed by atoms with Gasteiger partial charge in [-0.2, -0.15) is 0 Å². The average Bonchev–Trinajstić information content (AvgIpc) is 3.45. The summed E-state index contributed by atoms with van der Waals surface area (Å²) in [5.41, 5.74) is 0.398. The summed E-state index contributed by atoms with van der Waals surface area (Å²) in [5.74, 6) is -0.703. The Morgan fingerprint density at radius 2 is 2.07 bits per heavy atom. The van der Waals surface area contributed by atoms with Crippen LogP contribution in [0.3, 0.4) is 0 Å². The zero-order valence-corrected chi connectivity index (χ0v) is 18.3. The van der Waals surface area contributed by atoms with Crippen molar-refractivity contribution in [2.24, 2.45) is 0 Å². The lowest BCUT2D eigenvalue weighted by molar-refractivity contribution is -0.140. The number of likely N-dealkylation sites (tertiary alicyclic amines) is 1. The Labute approximate surface area is 184 Å². The molecule has 3 aromatic rings. The second-order valence-corrected chi connectivity index (χ2v) is 8.48. The van der Waals surface area contributed by atoms with Gasteiger partial charge in [-0.05, 0) is 58.3 Å². The van der Waals surface area contributed by atoms with Gasteiger partial charge in [-0.3, -0.25) is 9.59 Å². The molecule has 1 aliphatic rings. The molecule has 8 heteroatoms. The molecule has 29 heavy (non-hydrogen) atoms. The number of halogens is 1. The molecule has 1 fully saturated rings. The van der Waals surface area contributed by atoms with E-state index in [4.69, 9.17) is 9.15 Å². The van der Waals surface area contributed by atoms with Crippen LogP contribution in [0, 0.1) is 3.77 Å². The molecule has 1 N–H and O–H groups in total. The highest BCUT2D eigenvalue weighted by molar-refractivity contribution is 14.1. The van der Waals surface area contributed by atoms with E-state index in [-0.39, 0.29) is 17.9 Å². The Hall–Kier alpha value is -2.59. The topological polar surface area (TPSA) is 80.0 Å². The van der Waals surface area contributed by atoms with Gasteiger partial charge in [0.25, 0.3) is 11.7 Å². The minimum absolute atomic E-state index is 0.00515. The highest BCUT2D eigenvalue weighted by Crippen LogP contribution is 2.41. The fourth-order valence-electron chi connectivity index (χ4n) is 3.31. The largest absolute Gasteiger partial charge is 0.507 e. The summed E-state index contributed by atoms with van der Waals surface area (Å²) in [6.07, 6.45) is 0. The molecule has 0 saturated carbocycles. The fourth-order valence-corrected chi connectivity index (χ4v) is 4.45. The molecule has 2 aromatic heterocycles. The Morgan fingerprint density at radius 1 is 1.24 bits per heavy atom. The molecule has 3 heterocycles. The van der Waals surface area contributed by atoms with Crippen molar-refractivity contribution in [3.05, 3.63) is 79.5 Å². The third-order valence-corrected chi connectivity index (χ3v) is 6.09. The van der Waals surface area contributed by atoms with Crippen LogP contribution in [0.15, 0.2) is 63.9 Å². The van der Waals surface area contributed by atoms with Crippen LogP contribution in [0.2, 0.25) is 0 Å². The number of thiophene rings is 1. The summed E-state index contributed by atoms with van der Waals surface area (Å²) >= 11 is 3.52. The monoisotopic (exact) mass is 521 g/mol. The van der Waals surface area contributed by atoms with Crippen LogP contribution >= 0.6 is 33.9 Å². The van der Waals surface area contributed by atoms with Gasteiger partial charge in [-0.15, -0.1) is 11.3 Å². The first kappa shape index (κ1) is 19.7. The van der Waals surface area contributed by atoms with Gasteiger partial charge in [0, 0.05) is 10.4 Å². The number of carbonyl (C=O) groups excluding carboxylic acids is 2. The predicted molar refractivity (Wildman–Crippen MR) is 117 cm³/mol. The number of furan rings is 1. The maximum Gasteiger partial charge on any atom is 0.296 e. The first-order valence-electron chi connectivity index (χ1n) is 8.70. The maximum atomic E-state index is 12.9. The van der Waals surface area contributed by atoms with Crippen molar-refractivity contribution < 1.29 is 23.8 Å². The quantitative estimate of drug-likeness (QED) is 0.230. The molecule has 1 aliphatic heterocycles. The Bertz CT molecular complexity index is 1100. The summed E-state index contributed by atoms with van der Waals surface area (Å²) in [6, 6.07) is 13.2. The first-order chi connectivity index (χ1) is 14.0. The van der Waals surface area contributed by atoms with Gasteiger partial charge in [-0.25, -0.2) is 0 Å². The number of aliphatic hydroxyl groups excluding tert-OH is 1. The maximum absolute atomic E-state index is 12.9. The molecule has 4 rings (SSSR count). The third-order valence-electron chi connectivity index (χ3n) is 4.65. The lowest BCUT2D eigenvalue weighted by Gasteiger charge is -2.22. The van der Waals surface area contributed by atoms with Crippen molar-refractivity contribution in [2.75, 3.05) is 7.11 Å². The van der Waals surface area contributed by atoms with Crippen LogP contribution in [-0.2, 0) is 16.1 Å². The van der Waals surface area contributed by atoms with E-state index in [9.17, 15) is 14.7 Å². The molecule has 148 valence electrons. The molecule has 6 nitrogen and oxygen atoms in total. The van der Waals surface area contributed by atoms with Gasteiger partial charge in [0.1, 0.15) is 23.3 Å². The number of hydrogen-bond donors (Lipinski definition) is 1. The average molecular weight is 521 g/mol. The van der Waals surface area contributed by atoms with Crippen LogP contribution < -0.4 is 4.74 Å². The number of methoxy groups -OCH3 is 1. The van der Waals surface area contributed by atoms with Crippen molar-refractivity contribution in [1.29, 1.82) is 0 Å². The van der Waals surface area contributed by atoms with E-state index >= 15 is 0 Å². The van der Waals surface area contributed by atoms with Crippen molar-refractivity contribution in [3.8, 4) is 5.75 Å². The minimum atomic E-state index is -0.813. The fraction of sp³-hybridized carbons (Fsp3) is 0.143. The lowest BCUT2D eigenvalue weighted by atomic mass is 9.99. The van der Waals surface area contributed by atoms with Gasteiger partial charge in [-0.1, -0.05) is 18.2 Å². The number of benzene rings is 1. The molecule has 1 aromatic carbocycles. The second kappa shape index (κ2) is 8.03. The summed E-state index contributed by atoms with van der Waals surface area (Å²) < 4.78 is 11.6. The molecule has 1 saturated heterocycles. The number of carbonyl (C=O) groups is 2. The molecule has 1 unspecified atom stereocenters. The van der Waals surface area contributed by atoms with Crippen molar-refractivity contribution in [3.63, 3.8) is 0 Å². The molecule has 0 spiro atoms. The molecular weight excluding hydrogens is 505 g/mol. The van der Waals surface area contributed by atoms with E-state index in [1.54, 1.807) is 36.4 Å². The van der Waals surface area contributed by atoms with Crippen LogP contribution in [0.4, 0.5) is 0 Å². The van der Waals surface area contributed by atoms with Crippen molar-refractivity contribution >= 4 is 51.4 Å². The molecular formula is C21H16INO5S. The van der Waals surface area contributed by atoms with Crippen LogP contribution in [0.5, 0.6) is 5.75 Å². The summed E-state index contributed by atoms with van der Waals surface area (Å²) in [5, 5.41) is 12.9. The lowest BCUT2D eigenvalue weighted by Crippen LogP contribution is -2.28. The Balaban J connectivity index is 1.86. The highest BCUT2D eigenvalue weighted by Gasteiger charge is 2.47. The number of ketones is 1. The Kier molecular flexibility index (Phi) is 5.46. The van der Waals surface area contributed by atoms with Crippen LogP contribution in [0.1, 0.15) is 22.2 Å². The number of Topliss-reactive ketones (excluding diaryl/α,β-unsaturated/α-hetero) is 1. The third kappa shape index (κ3) is 3.69. The molecule has 1 amide bonds. The number of aliphatic hydroxyl groups is 1. The van der Waals surface area contributed by atoms with E-state index in [0.29, 0.717) is 20.8 Å². The highest BCUT2D eigenvalue weighted by atomic mass is 127. The van der Waals surface area contributed by atoms with E-state index in [0.717, 1.165) is 4.88 Å². The smallest absolute Gasteiger partial charge is 0.296 e. The van der Waals surface area contributed by atoms with Crippen LogP contribution in [-0.4, -0.2) is 28.8 Å². The van der Waals surface area contributed by atoms with E-state index in [2.05, 4.69) is 0 Å². The van der Waals surface area contributed by atoms with Gasteiger partial charge in [0.2, 0.25) is 0 Å². The van der Waals surface area contributed by atoms with Crippen molar-refractivity contribution in [1.82, 2.24) is 4.90 Å². The zero-order valence-electron chi connectivity index (χ0n) is 15.3. The molecule has 1 atom stereocenters. The SMILES string of the molecule is COc1cccc(/C(O)=C2\C(=O)C(=O)N(Cc3cccs3)C2c2ccc(I)o2)c1. The van der Waals surface area contributed by atoms with Gasteiger partial charge in [0.05, 0.1) is 19.2 Å². The summed E-state index contributed by atoms with van der Waals surface area (Å²) in [4.78, 5) is 28.2. The Morgan fingerprint density at radius 3 is 2.72 bits per heavy atom. The van der Waals surface area contributed by atoms with Crippen molar-refractivity contribution in [2.45, 2.75) is 12.6 Å². The summed E-state index contributed by atoms with van der Waals surface area (Å²) in [6.45, 7) is 0.249. The predicted octanol–water partition coefficient (Wildman–Crippen LogP) is 4.58. The van der Waals surface area contributed by atoms with Gasteiger partial charge < -0.3 is 19.2 Å². The number of rotatable bonds is 5. The zero-order chi connectivity index (χ0) is 20.5. The van der Waals surface area contributed by atoms with Gasteiger partial charge in [0.15, 0.2) is 3.77 Å². The van der Waals surface area contributed by atoms with Crippen LogP contribution in [0.25, 0.3) is 5.76 Å². The second-order valence-electron chi connectivity index (χ2n) is 6.38. The number of ether oxygens (including phenoxy) is 1. The van der Waals surface area contributed by atoms with Gasteiger partial charge >= 0.3 is 0 Å². The number of amides is 1. The molecule has 0 bridgehead atoms. The minimum Gasteiger partial charge on any atom is -0.507 e. The number of nitrogens with zero attached hydrogens (tertiary/aromatic N) is 1. The molecule has 0 aliphatic carbocycles.